The van der Waals surface area contributed by atoms with Crippen LogP contribution in [0.1, 0.15) is 32.1 Å². The molecule has 8 nitrogen and oxygen atoms in total. The lowest BCUT2D eigenvalue weighted by atomic mass is 10.1. The van der Waals surface area contributed by atoms with Crippen molar-refractivity contribution in [3.63, 3.8) is 0 Å². The van der Waals surface area contributed by atoms with Gasteiger partial charge in [0.25, 0.3) is 11.8 Å². The van der Waals surface area contributed by atoms with Gasteiger partial charge in [0, 0.05) is 17.8 Å². The average molecular weight is 330 g/mol. The maximum atomic E-state index is 12.0. The second-order valence-electron chi connectivity index (χ2n) is 5.01. The molecule has 0 spiro atoms. The standard InChI is InChI=1S/C16H18N4O4/c1-10-14(20-9-19-10)16(23)17-7-11-3-5-12(6-4-11)15(22)18-8-13(21)24-2/h3-6,9H,7-8H2,1-2H3,(H,17,23)(H,18,22)(H,19,20). The van der Waals surface area contributed by atoms with Crippen LogP contribution in [0, 0.1) is 6.92 Å². The third-order valence-corrected chi connectivity index (χ3v) is 3.34. The molecule has 0 unspecified atom stereocenters. The smallest absolute Gasteiger partial charge is 0.325 e. The van der Waals surface area contributed by atoms with Gasteiger partial charge in [0.15, 0.2) is 0 Å². The number of carbonyl (C=O) groups is 3. The molecule has 0 atom stereocenters. The van der Waals surface area contributed by atoms with Crippen LogP contribution in [0.5, 0.6) is 0 Å². The zero-order valence-electron chi connectivity index (χ0n) is 13.4. The number of H-pyrrole nitrogens is 1. The van der Waals surface area contributed by atoms with E-state index in [4.69, 9.17) is 0 Å². The molecule has 126 valence electrons. The lowest BCUT2D eigenvalue weighted by Crippen LogP contribution is -2.30. The fourth-order valence-corrected chi connectivity index (χ4v) is 1.95. The lowest BCUT2D eigenvalue weighted by Gasteiger charge is -2.07. The Morgan fingerprint density at radius 1 is 1.12 bits per heavy atom. The molecule has 0 aliphatic rings. The number of esters is 1. The first-order valence-corrected chi connectivity index (χ1v) is 7.23. The van der Waals surface area contributed by atoms with Gasteiger partial charge in [-0.15, -0.1) is 0 Å². The number of nitrogens with zero attached hydrogens (tertiary/aromatic N) is 1. The third-order valence-electron chi connectivity index (χ3n) is 3.34. The van der Waals surface area contributed by atoms with E-state index in [2.05, 4.69) is 25.3 Å². The summed E-state index contributed by atoms with van der Waals surface area (Å²) in [5.74, 6) is -1.16. The fraction of sp³-hybridized carbons (Fsp3) is 0.250. The van der Waals surface area contributed by atoms with Crippen LogP contribution in [-0.4, -0.2) is 41.4 Å². The predicted molar refractivity (Wildman–Crippen MR) is 85.3 cm³/mol. The molecule has 2 amide bonds. The topological polar surface area (TPSA) is 113 Å². The number of hydrogen-bond acceptors (Lipinski definition) is 5. The van der Waals surface area contributed by atoms with Crippen molar-refractivity contribution < 1.29 is 19.1 Å². The normalized spacial score (nSPS) is 10.1. The highest BCUT2D eigenvalue weighted by Crippen LogP contribution is 2.06. The van der Waals surface area contributed by atoms with Gasteiger partial charge in [-0.3, -0.25) is 14.4 Å². The monoisotopic (exact) mass is 330 g/mol. The zero-order chi connectivity index (χ0) is 17.5. The maximum absolute atomic E-state index is 12.0. The second kappa shape index (κ2) is 7.91. The van der Waals surface area contributed by atoms with Crippen LogP contribution in [0.15, 0.2) is 30.6 Å². The van der Waals surface area contributed by atoms with Gasteiger partial charge in [0.1, 0.15) is 12.2 Å². The summed E-state index contributed by atoms with van der Waals surface area (Å²) in [6.45, 7) is 1.90. The van der Waals surface area contributed by atoms with Crippen LogP contribution >= 0.6 is 0 Å². The van der Waals surface area contributed by atoms with E-state index in [1.54, 1.807) is 31.2 Å². The van der Waals surface area contributed by atoms with Crippen molar-refractivity contribution in [3.8, 4) is 0 Å². The average Bonchev–Trinajstić information content (AvgIpc) is 3.03. The van der Waals surface area contributed by atoms with Crippen LogP contribution in [0.2, 0.25) is 0 Å². The number of methoxy groups -OCH3 is 1. The third kappa shape index (κ3) is 4.42. The van der Waals surface area contributed by atoms with Gasteiger partial charge in [-0.05, 0) is 24.6 Å². The molecule has 0 bridgehead atoms. The molecule has 1 aromatic carbocycles. The first-order chi connectivity index (χ1) is 11.5. The van der Waals surface area contributed by atoms with Crippen molar-refractivity contribution in [1.82, 2.24) is 20.6 Å². The van der Waals surface area contributed by atoms with Gasteiger partial charge < -0.3 is 20.4 Å². The summed E-state index contributed by atoms with van der Waals surface area (Å²) >= 11 is 0. The summed E-state index contributed by atoms with van der Waals surface area (Å²) in [5, 5.41) is 5.20. The van der Waals surface area contributed by atoms with Gasteiger partial charge >= 0.3 is 5.97 Å². The highest BCUT2D eigenvalue weighted by atomic mass is 16.5. The Kier molecular flexibility index (Phi) is 5.67. The molecule has 1 heterocycles. The van der Waals surface area contributed by atoms with Crippen LogP contribution in [-0.2, 0) is 16.1 Å². The minimum atomic E-state index is -0.517. The Balaban J connectivity index is 1.88. The minimum absolute atomic E-state index is 0.184. The van der Waals surface area contributed by atoms with Crippen molar-refractivity contribution in [1.29, 1.82) is 0 Å². The van der Waals surface area contributed by atoms with E-state index in [9.17, 15) is 14.4 Å². The van der Waals surface area contributed by atoms with Crippen LogP contribution < -0.4 is 10.6 Å². The summed E-state index contributed by atoms with van der Waals surface area (Å²) in [6.07, 6.45) is 1.46. The molecular weight excluding hydrogens is 312 g/mol. The van der Waals surface area contributed by atoms with Crippen molar-refractivity contribution in [2.24, 2.45) is 0 Å². The predicted octanol–water partition coefficient (Wildman–Crippen LogP) is 0.551. The number of ether oxygens (including phenoxy) is 1. The number of imidazole rings is 1. The number of nitrogens with one attached hydrogen (secondary N) is 3. The highest BCUT2D eigenvalue weighted by Gasteiger charge is 2.11. The van der Waals surface area contributed by atoms with Crippen molar-refractivity contribution in [3.05, 3.63) is 53.1 Å². The molecule has 24 heavy (non-hydrogen) atoms. The van der Waals surface area contributed by atoms with Gasteiger partial charge in [-0.2, -0.15) is 0 Å². The first-order valence-electron chi connectivity index (χ1n) is 7.23. The Hall–Kier alpha value is -3.16. The van der Waals surface area contributed by atoms with Gasteiger partial charge in [-0.1, -0.05) is 12.1 Å². The van der Waals surface area contributed by atoms with E-state index in [-0.39, 0.29) is 18.4 Å². The SMILES string of the molecule is COC(=O)CNC(=O)c1ccc(CNC(=O)c2nc[nH]c2C)cc1. The number of aromatic amines is 1. The number of aryl methyl sites for hydroxylation is 1. The second-order valence-corrected chi connectivity index (χ2v) is 5.01. The van der Waals surface area contributed by atoms with Crippen molar-refractivity contribution in [2.75, 3.05) is 13.7 Å². The van der Waals surface area contributed by atoms with Gasteiger partial charge in [0.05, 0.1) is 13.4 Å². The highest BCUT2D eigenvalue weighted by molar-refractivity contribution is 5.96. The molecule has 0 saturated heterocycles. The summed E-state index contributed by atoms with van der Waals surface area (Å²) in [6, 6.07) is 6.69. The number of rotatable bonds is 6. The molecule has 2 aromatic rings. The summed E-state index contributed by atoms with van der Waals surface area (Å²) in [4.78, 5) is 41.6. The van der Waals surface area contributed by atoms with E-state index < -0.39 is 5.97 Å². The fourth-order valence-electron chi connectivity index (χ4n) is 1.95. The molecule has 0 aliphatic heterocycles. The molecule has 0 aliphatic carbocycles. The van der Waals surface area contributed by atoms with Crippen LogP contribution in [0.4, 0.5) is 0 Å². The van der Waals surface area contributed by atoms with E-state index in [1.807, 2.05) is 0 Å². The van der Waals surface area contributed by atoms with Crippen LogP contribution in [0.3, 0.4) is 0 Å². The molecule has 0 saturated carbocycles. The van der Waals surface area contributed by atoms with E-state index in [1.165, 1.54) is 13.4 Å². The first kappa shape index (κ1) is 17.2. The zero-order valence-corrected chi connectivity index (χ0v) is 13.4. The Morgan fingerprint density at radius 2 is 1.83 bits per heavy atom. The number of benzene rings is 1. The van der Waals surface area contributed by atoms with E-state index in [0.717, 1.165) is 5.56 Å². The summed E-state index contributed by atoms with van der Waals surface area (Å²) < 4.78 is 4.45. The number of amides is 2. The quantitative estimate of drug-likeness (QED) is 0.670. The summed E-state index contributed by atoms with van der Waals surface area (Å²) in [7, 11) is 1.25. The number of carbonyl (C=O) groups excluding carboxylic acids is 3. The Bertz CT molecular complexity index is 737. The van der Waals surface area contributed by atoms with E-state index in [0.29, 0.717) is 23.5 Å². The number of aromatic nitrogens is 2. The van der Waals surface area contributed by atoms with Gasteiger partial charge in [0.2, 0.25) is 0 Å². The maximum Gasteiger partial charge on any atom is 0.325 e. The van der Waals surface area contributed by atoms with Crippen molar-refractivity contribution in [2.45, 2.75) is 13.5 Å². The number of hydrogen-bond donors (Lipinski definition) is 3. The van der Waals surface area contributed by atoms with Crippen LogP contribution in [0.25, 0.3) is 0 Å². The molecule has 8 heteroatoms. The lowest BCUT2D eigenvalue weighted by molar-refractivity contribution is -0.139. The molecule has 0 radical (unpaired) electrons. The van der Waals surface area contributed by atoms with Gasteiger partial charge in [-0.25, -0.2) is 4.98 Å². The van der Waals surface area contributed by atoms with Crippen molar-refractivity contribution >= 4 is 17.8 Å². The molecule has 1 aromatic heterocycles. The molecule has 2 rings (SSSR count). The molecular formula is C16H18N4O4. The minimum Gasteiger partial charge on any atom is -0.468 e. The van der Waals surface area contributed by atoms with E-state index >= 15 is 0 Å². The molecule has 3 N–H and O–H groups in total. The Labute approximate surface area is 138 Å². The summed E-state index contributed by atoms with van der Waals surface area (Å²) in [5.41, 5.74) is 2.30. The largest absolute Gasteiger partial charge is 0.468 e. The molecule has 0 fully saturated rings. The Morgan fingerprint density at radius 3 is 2.42 bits per heavy atom.